The predicted molar refractivity (Wildman–Crippen MR) is 62.5 cm³/mol. The van der Waals surface area contributed by atoms with Crippen LogP contribution >= 0.6 is 12.4 Å². The molecule has 0 radical (unpaired) electrons. The summed E-state index contributed by atoms with van der Waals surface area (Å²) >= 11 is 0. The number of halogens is 1. The Morgan fingerprint density at radius 1 is 1.33 bits per heavy atom. The van der Waals surface area contributed by atoms with Gasteiger partial charge in [-0.2, -0.15) is 0 Å². The van der Waals surface area contributed by atoms with Gasteiger partial charge in [-0.3, -0.25) is 0 Å². The van der Waals surface area contributed by atoms with Crippen molar-refractivity contribution in [2.45, 2.75) is 6.42 Å². The predicted octanol–water partition coefficient (Wildman–Crippen LogP) is 2.11. The molecule has 15 heavy (non-hydrogen) atoms. The van der Waals surface area contributed by atoms with Crippen molar-refractivity contribution in [2.75, 3.05) is 25.6 Å². The van der Waals surface area contributed by atoms with Gasteiger partial charge in [0.25, 0.3) is 0 Å². The summed E-state index contributed by atoms with van der Waals surface area (Å²) in [5.41, 5.74) is 6.33. The number of nitrogens with two attached hydrogens (primary N) is 1. The lowest BCUT2D eigenvalue weighted by Gasteiger charge is -2.10. The number of ether oxygens (including phenoxy) is 2. The first-order valence-electron chi connectivity index (χ1n) is 4.90. The molecule has 0 saturated carbocycles. The smallest absolute Gasteiger partial charge is 0.119 e. The van der Waals surface area contributed by atoms with Crippen LogP contribution in [-0.2, 0) is 4.74 Å². The molecule has 1 fully saturated rings. The normalized spacial score (nSPS) is 19.6. The third-order valence-electron chi connectivity index (χ3n) is 2.39. The van der Waals surface area contributed by atoms with Gasteiger partial charge in [0.2, 0.25) is 0 Å². The van der Waals surface area contributed by atoms with E-state index in [4.69, 9.17) is 15.2 Å². The second kappa shape index (κ2) is 5.83. The molecule has 0 spiro atoms. The number of benzene rings is 1. The highest BCUT2D eigenvalue weighted by Gasteiger charge is 2.15. The van der Waals surface area contributed by atoms with Crippen LogP contribution in [0.4, 0.5) is 5.69 Å². The molecule has 1 aromatic carbocycles. The van der Waals surface area contributed by atoms with Gasteiger partial charge in [0, 0.05) is 18.2 Å². The first kappa shape index (κ1) is 12.1. The van der Waals surface area contributed by atoms with E-state index in [0.29, 0.717) is 5.92 Å². The molecule has 0 aliphatic carbocycles. The Kier molecular flexibility index (Phi) is 4.72. The Hall–Kier alpha value is -0.930. The maximum atomic E-state index is 5.61. The van der Waals surface area contributed by atoms with Crippen LogP contribution in [0.1, 0.15) is 6.42 Å². The first-order valence-corrected chi connectivity index (χ1v) is 4.90. The zero-order valence-electron chi connectivity index (χ0n) is 8.52. The van der Waals surface area contributed by atoms with Gasteiger partial charge in [-0.25, -0.2) is 0 Å². The Bertz CT molecular complexity index is 283. The van der Waals surface area contributed by atoms with E-state index in [-0.39, 0.29) is 12.4 Å². The summed E-state index contributed by atoms with van der Waals surface area (Å²) in [7, 11) is 0. The van der Waals surface area contributed by atoms with Gasteiger partial charge in [0.1, 0.15) is 5.75 Å². The average Bonchev–Trinajstić information content (AvgIpc) is 2.70. The van der Waals surface area contributed by atoms with Gasteiger partial charge in [-0.05, 0) is 30.7 Å². The lowest BCUT2D eigenvalue weighted by atomic mass is 10.1. The molecule has 1 aromatic rings. The number of hydrogen-bond acceptors (Lipinski definition) is 3. The molecule has 1 unspecified atom stereocenters. The Morgan fingerprint density at radius 2 is 2.07 bits per heavy atom. The number of rotatable bonds is 3. The van der Waals surface area contributed by atoms with Gasteiger partial charge in [0.15, 0.2) is 0 Å². The van der Waals surface area contributed by atoms with Crippen LogP contribution in [0, 0.1) is 5.92 Å². The van der Waals surface area contributed by atoms with E-state index in [9.17, 15) is 0 Å². The quantitative estimate of drug-likeness (QED) is 0.808. The van der Waals surface area contributed by atoms with E-state index in [1.807, 2.05) is 24.3 Å². The molecule has 1 aliphatic rings. The Balaban J connectivity index is 0.00000112. The molecule has 2 rings (SSSR count). The van der Waals surface area contributed by atoms with Crippen LogP contribution in [0.15, 0.2) is 24.3 Å². The van der Waals surface area contributed by atoms with Crippen LogP contribution in [0.3, 0.4) is 0 Å². The lowest BCUT2D eigenvalue weighted by molar-refractivity contribution is 0.167. The largest absolute Gasteiger partial charge is 0.493 e. The molecule has 0 aromatic heterocycles. The maximum absolute atomic E-state index is 5.61. The van der Waals surface area contributed by atoms with Gasteiger partial charge in [-0.1, -0.05) is 0 Å². The van der Waals surface area contributed by atoms with Crippen LogP contribution in [0.25, 0.3) is 0 Å². The van der Waals surface area contributed by atoms with Gasteiger partial charge in [0.05, 0.1) is 13.2 Å². The minimum atomic E-state index is 0. The molecule has 1 saturated heterocycles. The molecule has 2 N–H and O–H groups in total. The SMILES string of the molecule is Cl.Nc1ccc(OCC2CCOC2)cc1. The van der Waals surface area contributed by atoms with Crippen molar-refractivity contribution in [1.82, 2.24) is 0 Å². The molecule has 84 valence electrons. The van der Waals surface area contributed by atoms with Crippen molar-refractivity contribution in [2.24, 2.45) is 5.92 Å². The topological polar surface area (TPSA) is 44.5 Å². The van der Waals surface area contributed by atoms with Crippen LogP contribution in [0.5, 0.6) is 5.75 Å². The fourth-order valence-electron chi connectivity index (χ4n) is 1.49. The molecule has 1 atom stereocenters. The standard InChI is InChI=1S/C11H15NO2.ClH/c12-10-1-3-11(4-2-10)14-8-9-5-6-13-7-9;/h1-4,9H,5-8,12H2;1H. The monoisotopic (exact) mass is 229 g/mol. The second-order valence-corrected chi connectivity index (χ2v) is 3.61. The van der Waals surface area contributed by atoms with Crippen LogP contribution in [-0.4, -0.2) is 19.8 Å². The number of hydrogen-bond donors (Lipinski definition) is 1. The summed E-state index contributed by atoms with van der Waals surface area (Å²) in [5, 5.41) is 0. The van der Waals surface area contributed by atoms with Crippen LogP contribution in [0.2, 0.25) is 0 Å². The van der Waals surface area contributed by atoms with Crippen LogP contribution < -0.4 is 10.5 Å². The summed E-state index contributed by atoms with van der Waals surface area (Å²) in [6.07, 6.45) is 1.11. The second-order valence-electron chi connectivity index (χ2n) is 3.61. The Labute approximate surface area is 96.0 Å². The molecule has 4 heteroatoms. The summed E-state index contributed by atoms with van der Waals surface area (Å²) < 4.78 is 10.9. The zero-order chi connectivity index (χ0) is 9.80. The summed E-state index contributed by atoms with van der Waals surface area (Å²) in [6, 6.07) is 7.48. The van der Waals surface area contributed by atoms with Gasteiger partial charge < -0.3 is 15.2 Å². The van der Waals surface area contributed by atoms with Crippen molar-refractivity contribution in [1.29, 1.82) is 0 Å². The van der Waals surface area contributed by atoms with E-state index >= 15 is 0 Å². The van der Waals surface area contributed by atoms with Crippen molar-refractivity contribution < 1.29 is 9.47 Å². The van der Waals surface area contributed by atoms with Gasteiger partial charge >= 0.3 is 0 Å². The lowest BCUT2D eigenvalue weighted by Crippen LogP contribution is -2.11. The highest BCUT2D eigenvalue weighted by molar-refractivity contribution is 5.85. The molecule has 1 aliphatic heterocycles. The fraction of sp³-hybridized carbons (Fsp3) is 0.455. The minimum absolute atomic E-state index is 0. The maximum Gasteiger partial charge on any atom is 0.119 e. The third-order valence-corrected chi connectivity index (χ3v) is 2.39. The molecule has 0 bridgehead atoms. The van der Waals surface area contributed by atoms with E-state index in [1.165, 1.54) is 0 Å². The van der Waals surface area contributed by atoms with Crippen molar-refractivity contribution in [3.63, 3.8) is 0 Å². The first-order chi connectivity index (χ1) is 6.84. The fourth-order valence-corrected chi connectivity index (χ4v) is 1.49. The summed E-state index contributed by atoms with van der Waals surface area (Å²) in [6.45, 7) is 2.44. The van der Waals surface area contributed by atoms with Crippen molar-refractivity contribution in [3.05, 3.63) is 24.3 Å². The highest BCUT2D eigenvalue weighted by atomic mass is 35.5. The molecule has 1 heterocycles. The van der Waals surface area contributed by atoms with Crippen molar-refractivity contribution in [3.8, 4) is 5.75 Å². The Morgan fingerprint density at radius 3 is 2.67 bits per heavy atom. The highest BCUT2D eigenvalue weighted by Crippen LogP contribution is 2.17. The third kappa shape index (κ3) is 3.61. The van der Waals surface area contributed by atoms with E-state index in [0.717, 1.165) is 37.7 Å². The number of anilines is 1. The molecule has 3 nitrogen and oxygen atoms in total. The number of nitrogen functional groups attached to an aromatic ring is 1. The molecule has 0 amide bonds. The van der Waals surface area contributed by atoms with Gasteiger partial charge in [-0.15, -0.1) is 12.4 Å². The zero-order valence-corrected chi connectivity index (χ0v) is 9.33. The van der Waals surface area contributed by atoms with E-state index in [1.54, 1.807) is 0 Å². The minimum Gasteiger partial charge on any atom is -0.493 e. The summed E-state index contributed by atoms with van der Waals surface area (Å²) in [4.78, 5) is 0. The molecular formula is C11H16ClNO2. The van der Waals surface area contributed by atoms with E-state index in [2.05, 4.69) is 0 Å². The average molecular weight is 230 g/mol. The van der Waals surface area contributed by atoms with Crippen molar-refractivity contribution >= 4 is 18.1 Å². The summed E-state index contributed by atoms with van der Waals surface area (Å²) in [5.74, 6) is 1.43. The van der Waals surface area contributed by atoms with E-state index < -0.39 is 0 Å². The molecular weight excluding hydrogens is 214 g/mol.